The van der Waals surface area contributed by atoms with Crippen molar-refractivity contribution >= 4 is 44.7 Å². The first-order valence-electron chi connectivity index (χ1n) is 2.46. The maximum absolute atomic E-state index is 4.09. The summed E-state index contributed by atoms with van der Waals surface area (Å²) in [7, 11) is 0. The second-order valence-corrected chi connectivity index (χ2v) is 3.63. The van der Waals surface area contributed by atoms with Crippen LogP contribution in [-0.4, -0.2) is 10.1 Å². The zero-order chi connectivity index (χ0) is 7.11. The molecule has 4 heteroatoms. The largest absolute Gasteiger partial charge is 0.243 e. The molecule has 52 valence electrons. The fraction of sp³-hybridized carbons (Fsp3) is 0.400. The molecule has 0 rings (SSSR count). The van der Waals surface area contributed by atoms with Crippen molar-refractivity contribution in [2.24, 2.45) is 4.99 Å². The van der Waals surface area contributed by atoms with E-state index in [-0.39, 0.29) is 0 Å². The number of thiol groups is 1. The van der Waals surface area contributed by atoms with Gasteiger partial charge in [0.15, 0.2) is 0 Å². The lowest BCUT2D eigenvalue weighted by Gasteiger charge is -1.89. The molecule has 1 nitrogen and oxygen atoms in total. The SMILES string of the molecule is CCS/C(S)=N/C=C/Br. The van der Waals surface area contributed by atoms with Crippen LogP contribution in [-0.2, 0) is 0 Å². The van der Waals surface area contributed by atoms with E-state index in [2.05, 4.69) is 40.5 Å². The lowest BCUT2D eigenvalue weighted by molar-refractivity contribution is 1.54. The van der Waals surface area contributed by atoms with E-state index in [1.807, 2.05) is 0 Å². The molecular formula is C5H8BrNS2. The van der Waals surface area contributed by atoms with Crippen LogP contribution in [0.4, 0.5) is 0 Å². The van der Waals surface area contributed by atoms with Gasteiger partial charge in [0.2, 0.25) is 0 Å². The van der Waals surface area contributed by atoms with E-state index in [1.165, 1.54) is 0 Å². The molecule has 9 heavy (non-hydrogen) atoms. The van der Waals surface area contributed by atoms with Crippen molar-refractivity contribution in [1.29, 1.82) is 0 Å². The highest BCUT2D eigenvalue weighted by Crippen LogP contribution is 2.06. The van der Waals surface area contributed by atoms with E-state index in [0.29, 0.717) is 0 Å². The number of aliphatic imine (C=N–C) groups is 1. The second-order valence-electron chi connectivity index (χ2n) is 1.12. The predicted octanol–water partition coefficient (Wildman–Crippen LogP) is 2.89. The zero-order valence-corrected chi connectivity index (χ0v) is 8.34. The summed E-state index contributed by atoms with van der Waals surface area (Å²) in [6.07, 6.45) is 1.66. The van der Waals surface area contributed by atoms with Crippen molar-refractivity contribution < 1.29 is 0 Å². The Bertz CT molecular complexity index is 122. The van der Waals surface area contributed by atoms with Crippen molar-refractivity contribution in [2.45, 2.75) is 6.92 Å². The first kappa shape index (κ1) is 9.59. The van der Waals surface area contributed by atoms with E-state index < -0.39 is 0 Å². The van der Waals surface area contributed by atoms with Gasteiger partial charge in [0.25, 0.3) is 0 Å². The molecule has 0 N–H and O–H groups in total. The first-order chi connectivity index (χ1) is 4.31. The van der Waals surface area contributed by atoms with Gasteiger partial charge in [0.1, 0.15) is 4.38 Å². The van der Waals surface area contributed by atoms with Crippen LogP contribution in [0.3, 0.4) is 0 Å². The molecule has 0 radical (unpaired) electrons. The molecule has 0 fully saturated rings. The van der Waals surface area contributed by atoms with Crippen LogP contribution in [0.25, 0.3) is 0 Å². The van der Waals surface area contributed by atoms with Crippen LogP contribution < -0.4 is 0 Å². The number of thioether (sulfide) groups is 1. The maximum atomic E-state index is 4.09. The van der Waals surface area contributed by atoms with Gasteiger partial charge < -0.3 is 0 Å². The Labute approximate surface area is 73.6 Å². The van der Waals surface area contributed by atoms with Gasteiger partial charge >= 0.3 is 0 Å². The fourth-order valence-corrected chi connectivity index (χ4v) is 1.22. The molecule has 0 heterocycles. The molecule has 0 aromatic heterocycles. The van der Waals surface area contributed by atoms with E-state index in [1.54, 1.807) is 22.9 Å². The van der Waals surface area contributed by atoms with E-state index in [0.717, 1.165) is 10.1 Å². The molecule has 0 aromatic carbocycles. The molecule has 0 amide bonds. The van der Waals surface area contributed by atoms with Gasteiger partial charge in [-0.2, -0.15) is 0 Å². The zero-order valence-electron chi connectivity index (χ0n) is 5.04. The Kier molecular flexibility index (Phi) is 7.15. The first-order valence-corrected chi connectivity index (χ1v) is 4.81. The van der Waals surface area contributed by atoms with Gasteiger partial charge in [0.05, 0.1) is 0 Å². The van der Waals surface area contributed by atoms with Crippen molar-refractivity contribution in [1.82, 2.24) is 0 Å². The molecule has 0 saturated carbocycles. The Hall–Kier alpha value is 0.590. The van der Waals surface area contributed by atoms with Crippen LogP contribution in [0.2, 0.25) is 0 Å². The van der Waals surface area contributed by atoms with Crippen LogP contribution in [0.5, 0.6) is 0 Å². The van der Waals surface area contributed by atoms with Crippen LogP contribution in [0.1, 0.15) is 6.92 Å². The Balaban J connectivity index is 3.55. The van der Waals surface area contributed by atoms with Gasteiger partial charge in [0, 0.05) is 6.20 Å². The summed E-state index contributed by atoms with van der Waals surface area (Å²) in [6, 6.07) is 0. The predicted molar refractivity (Wildman–Crippen MR) is 52.6 cm³/mol. The minimum atomic E-state index is 0.799. The highest BCUT2D eigenvalue weighted by molar-refractivity contribution is 9.11. The molecule has 0 spiro atoms. The summed E-state index contributed by atoms with van der Waals surface area (Å²) in [5.74, 6) is 1.01. The Morgan fingerprint density at radius 3 is 3.00 bits per heavy atom. The standard InChI is InChI=1S/C5H8BrNS2/c1-2-9-5(8)7-4-3-6/h3-4H,2H2,1H3,(H,7,8)/b4-3+. The highest BCUT2D eigenvalue weighted by atomic mass is 79.9. The lowest BCUT2D eigenvalue weighted by atomic mass is 11.0. The van der Waals surface area contributed by atoms with Crippen molar-refractivity contribution in [3.8, 4) is 0 Å². The molecule has 0 aromatic rings. The molecule has 0 aliphatic heterocycles. The van der Waals surface area contributed by atoms with Gasteiger partial charge in [-0.25, -0.2) is 4.99 Å². The topological polar surface area (TPSA) is 12.4 Å². The quantitative estimate of drug-likeness (QED) is 0.434. The number of hydrogen-bond donors (Lipinski definition) is 1. The van der Waals surface area contributed by atoms with E-state index in [4.69, 9.17) is 0 Å². The third kappa shape index (κ3) is 6.48. The molecule has 0 saturated heterocycles. The Morgan fingerprint density at radius 2 is 2.56 bits per heavy atom. The fourth-order valence-electron chi connectivity index (χ4n) is 0.258. The minimum absolute atomic E-state index is 0.799. The van der Waals surface area contributed by atoms with Gasteiger partial charge in [-0.15, -0.1) is 24.4 Å². The van der Waals surface area contributed by atoms with E-state index in [9.17, 15) is 0 Å². The van der Waals surface area contributed by atoms with Crippen molar-refractivity contribution in [3.63, 3.8) is 0 Å². The Morgan fingerprint density at radius 1 is 1.89 bits per heavy atom. The lowest BCUT2D eigenvalue weighted by Crippen LogP contribution is -1.76. The molecule has 0 unspecified atom stereocenters. The molecular weight excluding hydrogens is 218 g/mol. The van der Waals surface area contributed by atoms with Crippen molar-refractivity contribution in [2.75, 3.05) is 5.75 Å². The normalized spacial score (nSPS) is 13.0. The summed E-state index contributed by atoms with van der Waals surface area (Å²) in [5, 5.41) is 0. The maximum Gasteiger partial charge on any atom is 0.126 e. The number of halogens is 1. The van der Waals surface area contributed by atoms with Crippen LogP contribution >= 0.6 is 40.3 Å². The van der Waals surface area contributed by atoms with Gasteiger partial charge in [-0.05, 0) is 10.7 Å². The van der Waals surface area contributed by atoms with E-state index >= 15 is 0 Å². The number of hydrogen-bond acceptors (Lipinski definition) is 2. The third-order valence-corrected chi connectivity index (χ3v) is 1.91. The van der Waals surface area contributed by atoms with Crippen LogP contribution in [0.15, 0.2) is 16.2 Å². The van der Waals surface area contributed by atoms with Crippen LogP contribution in [0, 0.1) is 0 Å². The summed E-state index contributed by atoms with van der Waals surface area (Å²) in [4.78, 5) is 5.64. The molecule has 0 aliphatic rings. The average molecular weight is 226 g/mol. The number of nitrogens with zero attached hydrogens (tertiary/aromatic N) is 1. The second kappa shape index (κ2) is 6.71. The minimum Gasteiger partial charge on any atom is -0.243 e. The smallest absolute Gasteiger partial charge is 0.126 e. The molecule has 0 bridgehead atoms. The summed E-state index contributed by atoms with van der Waals surface area (Å²) < 4.78 is 0.799. The average Bonchev–Trinajstić information content (AvgIpc) is 1.85. The molecule has 0 aliphatic carbocycles. The summed E-state index contributed by atoms with van der Waals surface area (Å²) >= 11 is 8.80. The number of rotatable bonds is 2. The monoisotopic (exact) mass is 225 g/mol. The third-order valence-electron chi connectivity index (χ3n) is 0.515. The highest BCUT2D eigenvalue weighted by Gasteiger charge is 1.85. The summed E-state index contributed by atoms with van der Waals surface area (Å²) in [6.45, 7) is 2.06. The van der Waals surface area contributed by atoms with Crippen molar-refractivity contribution in [3.05, 3.63) is 11.2 Å². The van der Waals surface area contributed by atoms with Gasteiger partial charge in [-0.3, -0.25) is 0 Å². The van der Waals surface area contributed by atoms with Gasteiger partial charge in [-0.1, -0.05) is 22.9 Å². The molecule has 0 atom stereocenters. The summed E-state index contributed by atoms with van der Waals surface area (Å²) in [5.41, 5.74) is 0.